The summed E-state index contributed by atoms with van der Waals surface area (Å²) < 4.78 is 55.2. The molecular weight excluding hydrogens is 458 g/mol. The highest BCUT2D eigenvalue weighted by Crippen LogP contribution is 2.43. The molecule has 2 aliphatic carbocycles. The van der Waals surface area contributed by atoms with Gasteiger partial charge in [-0.05, 0) is 54.7 Å². The Morgan fingerprint density at radius 2 is 1.91 bits per heavy atom. The smallest absolute Gasteiger partial charge is 0.356 e. The first-order chi connectivity index (χ1) is 16.2. The SMILES string of the molecule is CC.CC(F)(F)S(=O)(=O)N1Cc2cc(C3CC3)ccc2N(Cc2cnc[nH]2)[C@@H](CCC2CC2)C1.[HH]. The maximum Gasteiger partial charge on any atom is 0.356 e. The van der Waals surface area contributed by atoms with Gasteiger partial charge in [0.1, 0.15) is 0 Å². The predicted octanol–water partition coefficient (Wildman–Crippen LogP) is 5.88. The Morgan fingerprint density at radius 3 is 2.50 bits per heavy atom. The molecule has 6 nitrogen and oxygen atoms in total. The lowest BCUT2D eigenvalue weighted by molar-refractivity contribution is 0.103. The van der Waals surface area contributed by atoms with E-state index in [2.05, 4.69) is 27.0 Å². The minimum atomic E-state index is -4.77. The van der Waals surface area contributed by atoms with Crippen LogP contribution in [0.3, 0.4) is 0 Å². The molecule has 2 heterocycles. The van der Waals surface area contributed by atoms with Gasteiger partial charge in [0.15, 0.2) is 0 Å². The van der Waals surface area contributed by atoms with E-state index in [-0.39, 0.29) is 20.6 Å². The third-order valence-corrected chi connectivity index (χ3v) is 8.82. The van der Waals surface area contributed by atoms with Crippen LogP contribution in [0.2, 0.25) is 0 Å². The third-order valence-electron chi connectivity index (χ3n) is 6.96. The number of aromatic nitrogens is 2. The van der Waals surface area contributed by atoms with E-state index >= 15 is 0 Å². The Balaban J connectivity index is 0.00000111. The highest BCUT2D eigenvalue weighted by Gasteiger charge is 2.46. The number of anilines is 1. The van der Waals surface area contributed by atoms with Crippen LogP contribution in [0.1, 0.15) is 83.5 Å². The van der Waals surface area contributed by atoms with E-state index in [1.54, 1.807) is 12.5 Å². The van der Waals surface area contributed by atoms with Gasteiger partial charge in [-0.1, -0.05) is 38.8 Å². The fraction of sp³-hybridized carbons (Fsp3) is 0.640. The summed E-state index contributed by atoms with van der Waals surface area (Å²) in [6.45, 7) is 5.04. The number of fused-ring (bicyclic) bond motifs is 1. The van der Waals surface area contributed by atoms with Crippen molar-refractivity contribution in [2.24, 2.45) is 5.92 Å². The van der Waals surface area contributed by atoms with Gasteiger partial charge < -0.3 is 9.88 Å². The molecule has 0 spiro atoms. The second kappa shape index (κ2) is 9.93. The van der Waals surface area contributed by atoms with Crippen LogP contribution in [-0.4, -0.2) is 40.5 Å². The summed E-state index contributed by atoms with van der Waals surface area (Å²) in [5, 5.41) is -3.82. The molecule has 2 aromatic rings. The minimum absolute atomic E-state index is 0. The lowest BCUT2D eigenvalue weighted by atomic mass is 10.0. The summed E-state index contributed by atoms with van der Waals surface area (Å²) in [4.78, 5) is 9.45. The van der Waals surface area contributed by atoms with Crippen LogP contribution in [0.25, 0.3) is 0 Å². The maximum atomic E-state index is 14.2. The average Bonchev–Trinajstić information content (AvgIpc) is 3.73. The lowest BCUT2D eigenvalue weighted by Crippen LogP contribution is -2.47. The first-order valence-corrected chi connectivity index (χ1v) is 13.9. The van der Waals surface area contributed by atoms with Crippen LogP contribution in [0.5, 0.6) is 0 Å². The number of hydrogen-bond acceptors (Lipinski definition) is 4. The summed E-state index contributed by atoms with van der Waals surface area (Å²) in [7, 11) is -4.77. The largest absolute Gasteiger partial charge is 0.361 e. The number of sulfonamides is 1. The number of H-pyrrole nitrogens is 1. The molecule has 1 aromatic heterocycles. The Kier molecular flexibility index (Phi) is 7.33. The molecule has 1 aliphatic heterocycles. The normalized spacial score (nSPS) is 21.4. The Morgan fingerprint density at radius 1 is 1.18 bits per heavy atom. The second-order valence-corrected chi connectivity index (χ2v) is 11.8. The molecular formula is C25H38F2N4O2S. The maximum absolute atomic E-state index is 14.2. The van der Waals surface area contributed by atoms with Gasteiger partial charge in [-0.25, -0.2) is 13.4 Å². The molecule has 1 atom stereocenters. The van der Waals surface area contributed by atoms with Gasteiger partial charge in [0.25, 0.3) is 10.0 Å². The summed E-state index contributed by atoms with van der Waals surface area (Å²) in [6.07, 6.45) is 9.77. The van der Waals surface area contributed by atoms with Crippen molar-refractivity contribution in [1.82, 2.24) is 14.3 Å². The van der Waals surface area contributed by atoms with Gasteiger partial charge in [-0.15, -0.1) is 0 Å². The topological polar surface area (TPSA) is 69.3 Å². The highest BCUT2D eigenvalue weighted by atomic mass is 32.2. The number of halogens is 2. The molecule has 3 aliphatic rings. The number of nitrogens with one attached hydrogen (secondary N) is 1. The van der Waals surface area contributed by atoms with Gasteiger partial charge in [0, 0.05) is 39.4 Å². The van der Waals surface area contributed by atoms with Gasteiger partial charge in [-0.3, -0.25) is 0 Å². The van der Waals surface area contributed by atoms with Gasteiger partial charge >= 0.3 is 5.25 Å². The van der Waals surface area contributed by atoms with Gasteiger partial charge in [0.05, 0.1) is 18.6 Å². The van der Waals surface area contributed by atoms with E-state index in [1.807, 2.05) is 19.9 Å². The molecule has 2 fully saturated rings. The van der Waals surface area contributed by atoms with Gasteiger partial charge in [-0.2, -0.15) is 13.1 Å². The number of alkyl halides is 2. The summed E-state index contributed by atoms with van der Waals surface area (Å²) >= 11 is 0. The second-order valence-electron chi connectivity index (χ2n) is 9.65. The standard InChI is InChI=1S/C23H30F2N4O2S.C2H6.H2/c1-23(24,25)32(30,31)28-12-19-10-18(17-5-6-17)7-9-22(19)29(13-20-11-26-15-27-20)21(14-28)8-4-16-2-3-16;1-2;/h7,9-11,15-17,21H,2-6,8,12-14H2,1H3,(H,26,27);1-2H3;1H/t21-;;/m0../s1. The summed E-state index contributed by atoms with van der Waals surface area (Å²) in [5.41, 5.74) is 3.82. The predicted molar refractivity (Wildman–Crippen MR) is 132 cm³/mol. The van der Waals surface area contributed by atoms with Crippen molar-refractivity contribution < 1.29 is 18.6 Å². The van der Waals surface area contributed by atoms with Crippen molar-refractivity contribution in [1.29, 1.82) is 0 Å². The first kappa shape index (κ1) is 25.1. The molecule has 0 saturated heterocycles. The highest BCUT2D eigenvalue weighted by molar-refractivity contribution is 7.90. The average molecular weight is 497 g/mol. The molecule has 1 N–H and O–H groups in total. The van der Waals surface area contributed by atoms with E-state index in [0.29, 0.717) is 25.3 Å². The molecule has 5 rings (SSSR count). The zero-order valence-electron chi connectivity index (χ0n) is 20.3. The molecule has 0 radical (unpaired) electrons. The number of nitrogens with zero attached hydrogens (tertiary/aromatic N) is 3. The van der Waals surface area contributed by atoms with Crippen LogP contribution in [-0.2, 0) is 23.1 Å². The van der Waals surface area contributed by atoms with E-state index in [9.17, 15) is 17.2 Å². The van der Waals surface area contributed by atoms with Crippen molar-refractivity contribution in [2.75, 3.05) is 11.4 Å². The van der Waals surface area contributed by atoms with Crippen LogP contribution in [0.4, 0.5) is 14.5 Å². The van der Waals surface area contributed by atoms with Crippen LogP contribution >= 0.6 is 0 Å². The number of benzene rings is 1. The van der Waals surface area contributed by atoms with Crippen molar-refractivity contribution in [2.45, 2.75) is 89.6 Å². The van der Waals surface area contributed by atoms with Gasteiger partial charge in [0.2, 0.25) is 0 Å². The molecule has 0 amide bonds. The molecule has 2 saturated carbocycles. The van der Waals surface area contributed by atoms with E-state index < -0.39 is 15.3 Å². The van der Waals surface area contributed by atoms with Crippen molar-refractivity contribution in [3.05, 3.63) is 47.5 Å². The lowest BCUT2D eigenvalue weighted by Gasteiger charge is -2.34. The van der Waals surface area contributed by atoms with Crippen molar-refractivity contribution in [3.8, 4) is 0 Å². The zero-order valence-corrected chi connectivity index (χ0v) is 21.1. The number of hydrogen-bond donors (Lipinski definition) is 1. The summed E-state index contributed by atoms with van der Waals surface area (Å²) in [5.74, 6) is 1.16. The Labute approximate surface area is 203 Å². The van der Waals surface area contributed by atoms with Crippen molar-refractivity contribution >= 4 is 15.7 Å². The quantitative estimate of drug-likeness (QED) is 0.495. The fourth-order valence-corrected chi connectivity index (χ4v) is 5.86. The zero-order chi connectivity index (χ0) is 24.5. The van der Waals surface area contributed by atoms with Crippen LogP contribution in [0, 0.1) is 5.92 Å². The first-order valence-electron chi connectivity index (χ1n) is 12.5. The van der Waals surface area contributed by atoms with Crippen molar-refractivity contribution in [3.63, 3.8) is 0 Å². The van der Waals surface area contributed by atoms with E-state index in [4.69, 9.17) is 0 Å². The third kappa shape index (κ3) is 5.46. The van der Waals surface area contributed by atoms with E-state index in [0.717, 1.165) is 46.9 Å². The number of imidazole rings is 1. The molecule has 34 heavy (non-hydrogen) atoms. The molecule has 1 aromatic carbocycles. The monoisotopic (exact) mass is 496 g/mol. The Bertz CT molecular complexity index is 1070. The summed E-state index contributed by atoms with van der Waals surface area (Å²) in [6, 6.07) is 6.02. The number of aromatic amines is 1. The fourth-order valence-electron chi connectivity index (χ4n) is 4.73. The molecule has 9 heteroatoms. The number of rotatable bonds is 8. The van der Waals surface area contributed by atoms with Crippen LogP contribution < -0.4 is 4.90 Å². The van der Waals surface area contributed by atoms with Crippen LogP contribution in [0.15, 0.2) is 30.7 Å². The minimum Gasteiger partial charge on any atom is -0.361 e. The Hall–Kier alpha value is -2.00. The molecule has 0 bridgehead atoms. The van der Waals surface area contributed by atoms with E-state index in [1.165, 1.54) is 18.4 Å². The molecule has 0 unspecified atom stereocenters. The molecule has 190 valence electrons.